The lowest BCUT2D eigenvalue weighted by Gasteiger charge is -2.25. The topological polar surface area (TPSA) is 32.3 Å². The highest BCUT2D eigenvalue weighted by Crippen LogP contribution is 2.34. The van der Waals surface area contributed by atoms with Gasteiger partial charge in [0.25, 0.3) is 0 Å². The Bertz CT molecular complexity index is 468. The number of hydrogen-bond donors (Lipinski definition) is 1. The number of benzene rings is 1. The lowest BCUT2D eigenvalue weighted by molar-refractivity contribution is -0.121. The summed E-state index contributed by atoms with van der Waals surface area (Å²) < 4.78 is 0. The molecule has 0 spiro atoms. The van der Waals surface area contributed by atoms with E-state index in [0.29, 0.717) is 18.5 Å². The van der Waals surface area contributed by atoms with Crippen LogP contribution in [0.15, 0.2) is 24.3 Å². The molecule has 1 saturated carbocycles. The largest absolute Gasteiger partial charge is 0.353 e. The maximum atomic E-state index is 11.7. The zero-order chi connectivity index (χ0) is 13.2. The Hall–Kier alpha value is -1.35. The van der Waals surface area contributed by atoms with Crippen LogP contribution in [-0.4, -0.2) is 30.4 Å². The monoisotopic (exact) mass is 258 g/mol. The SMILES string of the molecule is CN(CCC(=O)NC1CC1)C1CCc2ccccc21. The number of rotatable bonds is 5. The van der Waals surface area contributed by atoms with Crippen molar-refractivity contribution in [1.82, 2.24) is 10.2 Å². The highest BCUT2D eigenvalue weighted by Gasteiger charge is 2.26. The highest BCUT2D eigenvalue weighted by molar-refractivity contribution is 5.76. The first-order valence-corrected chi connectivity index (χ1v) is 7.31. The first kappa shape index (κ1) is 12.7. The molecule has 0 aromatic heterocycles. The van der Waals surface area contributed by atoms with Crippen LogP contribution in [0.1, 0.15) is 42.9 Å². The van der Waals surface area contributed by atoms with Crippen molar-refractivity contribution in [3.05, 3.63) is 35.4 Å². The molecule has 1 fully saturated rings. The predicted molar refractivity (Wildman–Crippen MR) is 75.9 cm³/mol. The maximum Gasteiger partial charge on any atom is 0.221 e. The molecular formula is C16H22N2O. The molecule has 0 bridgehead atoms. The number of amides is 1. The van der Waals surface area contributed by atoms with Gasteiger partial charge in [-0.05, 0) is 43.9 Å². The van der Waals surface area contributed by atoms with Crippen molar-refractivity contribution in [3.63, 3.8) is 0 Å². The minimum Gasteiger partial charge on any atom is -0.353 e. The molecule has 19 heavy (non-hydrogen) atoms. The summed E-state index contributed by atoms with van der Waals surface area (Å²) in [6.07, 6.45) is 5.29. The van der Waals surface area contributed by atoms with Crippen LogP contribution in [0.4, 0.5) is 0 Å². The molecule has 1 atom stereocenters. The number of nitrogens with zero attached hydrogens (tertiary/aromatic N) is 1. The van der Waals surface area contributed by atoms with E-state index >= 15 is 0 Å². The van der Waals surface area contributed by atoms with Crippen molar-refractivity contribution >= 4 is 5.91 Å². The van der Waals surface area contributed by atoms with E-state index < -0.39 is 0 Å². The highest BCUT2D eigenvalue weighted by atomic mass is 16.1. The van der Waals surface area contributed by atoms with Gasteiger partial charge in [0.2, 0.25) is 5.91 Å². The average molecular weight is 258 g/mol. The molecule has 1 N–H and O–H groups in total. The van der Waals surface area contributed by atoms with Crippen LogP contribution in [0.3, 0.4) is 0 Å². The second-order valence-electron chi connectivity index (χ2n) is 5.83. The molecule has 102 valence electrons. The standard InChI is InChI=1S/C16H22N2O/c1-18(11-10-16(19)17-13-7-8-13)15-9-6-12-4-2-3-5-14(12)15/h2-5,13,15H,6-11H2,1H3,(H,17,19). The number of aryl methyl sites for hydroxylation is 1. The Labute approximate surface area is 115 Å². The molecule has 0 saturated heterocycles. The summed E-state index contributed by atoms with van der Waals surface area (Å²) in [6, 6.07) is 9.65. The molecule has 0 aliphatic heterocycles. The number of nitrogens with one attached hydrogen (secondary N) is 1. The minimum absolute atomic E-state index is 0.209. The summed E-state index contributed by atoms with van der Waals surface area (Å²) in [5.74, 6) is 0.209. The van der Waals surface area contributed by atoms with Gasteiger partial charge in [0.05, 0.1) is 0 Å². The molecule has 2 aliphatic rings. The lowest BCUT2D eigenvalue weighted by Crippen LogP contribution is -2.31. The van der Waals surface area contributed by atoms with Crippen LogP contribution >= 0.6 is 0 Å². The van der Waals surface area contributed by atoms with Gasteiger partial charge in [0.15, 0.2) is 0 Å². The number of carbonyl (C=O) groups excluding carboxylic acids is 1. The Kier molecular flexibility index (Phi) is 3.56. The Morgan fingerprint density at radius 1 is 1.32 bits per heavy atom. The normalized spacial score (nSPS) is 21.5. The van der Waals surface area contributed by atoms with Gasteiger partial charge in [-0.15, -0.1) is 0 Å². The van der Waals surface area contributed by atoms with Gasteiger partial charge >= 0.3 is 0 Å². The summed E-state index contributed by atoms with van der Waals surface area (Å²) in [5, 5.41) is 3.05. The molecule has 1 unspecified atom stereocenters. The van der Waals surface area contributed by atoms with Crippen LogP contribution in [0.2, 0.25) is 0 Å². The fourth-order valence-corrected chi connectivity index (χ4v) is 2.95. The van der Waals surface area contributed by atoms with Gasteiger partial charge in [0.1, 0.15) is 0 Å². The van der Waals surface area contributed by atoms with Crippen molar-refractivity contribution in [2.45, 2.75) is 44.2 Å². The molecular weight excluding hydrogens is 236 g/mol. The van der Waals surface area contributed by atoms with Crippen molar-refractivity contribution in [2.75, 3.05) is 13.6 Å². The van der Waals surface area contributed by atoms with Gasteiger partial charge in [-0.3, -0.25) is 9.69 Å². The van der Waals surface area contributed by atoms with Crippen molar-refractivity contribution in [2.24, 2.45) is 0 Å². The number of carbonyl (C=O) groups is 1. The fraction of sp³-hybridized carbons (Fsp3) is 0.562. The van der Waals surface area contributed by atoms with E-state index in [1.807, 2.05) is 0 Å². The van der Waals surface area contributed by atoms with E-state index in [4.69, 9.17) is 0 Å². The summed E-state index contributed by atoms with van der Waals surface area (Å²) in [7, 11) is 2.14. The zero-order valence-electron chi connectivity index (χ0n) is 11.6. The van der Waals surface area contributed by atoms with Crippen LogP contribution in [0.25, 0.3) is 0 Å². The first-order chi connectivity index (χ1) is 9.24. The molecule has 2 aliphatic carbocycles. The summed E-state index contributed by atoms with van der Waals surface area (Å²) >= 11 is 0. The molecule has 1 aromatic rings. The van der Waals surface area contributed by atoms with Crippen LogP contribution in [0, 0.1) is 0 Å². The Morgan fingerprint density at radius 2 is 2.11 bits per heavy atom. The van der Waals surface area contributed by atoms with E-state index in [1.54, 1.807) is 0 Å². The lowest BCUT2D eigenvalue weighted by atomic mass is 10.1. The predicted octanol–water partition coefficient (Wildman–Crippen LogP) is 2.27. The summed E-state index contributed by atoms with van der Waals surface area (Å²) in [4.78, 5) is 14.1. The molecule has 0 radical (unpaired) electrons. The third kappa shape index (κ3) is 2.98. The Balaban J connectivity index is 1.53. The second-order valence-corrected chi connectivity index (χ2v) is 5.83. The van der Waals surface area contributed by atoms with Crippen molar-refractivity contribution in [3.8, 4) is 0 Å². The van der Waals surface area contributed by atoms with Crippen LogP contribution < -0.4 is 5.32 Å². The Morgan fingerprint density at radius 3 is 2.89 bits per heavy atom. The van der Waals surface area contributed by atoms with E-state index in [-0.39, 0.29) is 5.91 Å². The quantitative estimate of drug-likeness (QED) is 0.878. The third-order valence-corrected chi connectivity index (χ3v) is 4.27. The zero-order valence-corrected chi connectivity index (χ0v) is 11.6. The molecule has 1 amide bonds. The molecule has 1 aromatic carbocycles. The van der Waals surface area contributed by atoms with Gasteiger partial charge < -0.3 is 5.32 Å². The fourth-order valence-electron chi connectivity index (χ4n) is 2.95. The van der Waals surface area contributed by atoms with Gasteiger partial charge in [-0.25, -0.2) is 0 Å². The van der Waals surface area contributed by atoms with Gasteiger partial charge in [0, 0.05) is 25.0 Å². The van der Waals surface area contributed by atoms with Crippen LogP contribution in [-0.2, 0) is 11.2 Å². The molecule has 3 heteroatoms. The third-order valence-electron chi connectivity index (χ3n) is 4.27. The van der Waals surface area contributed by atoms with E-state index in [9.17, 15) is 4.79 Å². The van der Waals surface area contributed by atoms with Gasteiger partial charge in [-0.2, -0.15) is 0 Å². The van der Waals surface area contributed by atoms with E-state index in [2.05, 4.69) is 41.5 Å². The van der Waals surface area contributed by atoms with Crippen molar-refractivity contribution < 1.29 is 4.79 Å². The minimum atomic E-state index is 0.209. The molecule has 3 nitrogen and oxygen atoms in total. The summed E-state index contributed by atoms with van der Waals surface area (Å²) in [6.45, 7) is 0.845. The van der Waals surface area contributed by atoms with Crippen molar-refractivity contribution in [1.29, 1.82) is 0 Å². The van der Waals surface area contributed by atoms with Crippen LogP contribution in [0.5, 0.6) is 0 Å². The van der Waals surface area contributed by atoms with E-state index in [0.717, 1.165) is 19.4 Å². The van der Waals surface area contributed by atoms with Gasteiger partial charge in [-0.1, -0.05) is 24.3 Å². The number of fused-ring (bicyclic) bond motifs is 1. The first-order valence-electron chi connectivity index (χ1n) is 7.31. The molecule has 3 rings (SSSR count). The second kappa shape index (κ2) is 5.33. The number of hydrogen-bond acceptors (Lipinski definition) is 2. The smallest absolute Gasteiger partial charge is 0.221 e. The average Bonchev–Trinajstić information content (AvgIpc) is 3.12. The summed E-state index contributed by atoms with van der Waals surface area (Å²) in [5.41, 5.74) is 2.93. The van der Waals surface area contributed by atoms with E-state index in [1.165, 1.54) is 24.0 Å². The molecule has 0 heterocycles. The maximum absolute atomic E-state index is 11.7.